The van der Waals surface area contributed by atoms with Crippen molar-refractivity contribution in [3.8, 4) is 11.8 Å². The van der Waals surface area contributed by atoms with Crippen molar-refractivity contribution < 1.29 is 9.13 Å². The van der Waals surface area contributed by atoms with Crippen LogP contribution in [0.4, 0.5) is 4.39 Å². The number of ether oxygens (including phenoxy) is 1. The van der Waals surface area contributed by atoms with E-state index in [1.807, 2.05) is 13.0 Å². The zero-order chi connectivity index (χ0) is 18.9. The highest BCUT2D eigenvalue weighted by molar-refractivity contribution is 14.0. The first-order valence-electron chi connectivity index (χ1n) is 8.07. The monoisotopic (exact) mass is 502 g/mol. The Hall–Kier alpha value is -2.05. The molecule has 0 saturated heterocycles. The van der Waals surface area contributed by atoms with E-state index in [4.69, 9.17) is 21.6 Å². The minimum Gasteiger partial charge on any atom is -0.489 e. The molecule has 0 heterocycles. The average molecular weight is 503 g/mol. The Morgan fingerprint density at radius 3 is 2.56 bits per heavy atom. The number of guanidine groups is 1. The predicted molar refractivity (Wildman–Crippen MR) is 116 cm³/mol. The van der Waals surface area contributed by atoms with Crippen LogP contribution >= 0.6 is 35.6 Å². The van der Waals surface area contributed by atoms with E-state index < -0.39 is 5.82 Å². The van der Waals surface area contributed by atoms with Gasteiger partial charge in [-0.3, -0.25) is 4.99 Å². The summed E-state index contributed by atoms with van der Waals surface area (Å²) in [6.45, 7) is 2.69. The van der Waals surface area contributed by atoms with Gasteiger partial charge in [-0.25, -0.2) is 4.39 Å². The Morgan fingerprint density at radius 1 is 1.26 bits per heavy atom. The van der Waals surface area contributed by atoms with Crippen molar-refractivity contribution in [2.75, 3.05) is 13.6 Å². The summed E-state index contributed by atoms with van der Waals surface area (Å²) in [4.78, 5) is 4.10. The number of nitriles is 1. The molecule has 1 atom stereocenters. The van der Waals surface area contributed by atoms with Crippen molar-refractivity contribution in [2.45, 2.75) is 19.6 Å². The van der Waals surface area contributed by atoms with Crippen LogP contribution in [0.5, 0.6) is 5.75 Å². The SMILES string of the molecule is CN=C(NCc1ccc(C#N)cc1F)NCC(C)Oc1ccc(Cl)cc1.I. The molecule has 0 fully saturated rings. The summed E-state index contributed by atoms with van der Waals surface area (Å²) in [5, 5.41) is 15.6. The number of aliphatic imine (C=N–C) groups is 1. The van der Waals surface area contributed by atoms with E-state index in [2.05, 4.69) is 15.6 Å². The summed E-state index contributed by atoms with van der Waals surface area (Å²) in [7, 11) is 1.63. The maximum absolute atomic E-state index is 13.9. The van der Waals surface area contributed by atoms with Gasteiger partial charge in [-0.1, -0.05) is 17.7 Å². The molecule has 0 aliphatic carbocycles. The molecule has 0 amide bonds. The third kappa shape index (κ3) is 7.61. The molecule has 0 spiro atoms. The van der Waals surface area contributed by atoms with Gasteiger partial charge in [-0.2, -0.15) is 5.26 Å². The molecule has 0 radical (unpaired) electrons. The van der Waals surface area contributed by atoms with Gasteiger partial charge in [0.05, 0.1) is 18.2 Å². The van der Waals surface area contributed by atoms with E-state index in [1.54, 1.807) is 43.4 Å². The summed E-state index contributed by atoms with van der Waals surface area (Å²) >= 11 is 5.85. The lowest BCUT2D eigenvalue weighted by Crippen LogP contribution is -2.41. The topological polar surface area (TPSA) is 69.4 Å². The highest BCUT2D eigenvalue weighted by Gasteiger charge is 2.08. The third-order valence-electron chi connectivity index (χ3n) is 3.56. The Morgan fingerprint density at radius 2 is 1.96 bits per heavy atom. The Kier molecular flexibility index (Phi) is 9.89. The first-order chi connectivity index (χ1) is 12.5. The second-order valence-corrected chi connectivity index (χ2v) is 6.04. The molecule has 0 aromatic heterocycles. The Labute approximate surface area is 180 Å². The van der Waals surface area contributed by atoms with Crippen LogP contribution in [0, 0.1) is 17.1 Å². The standard InChI is InChI=1S/C19H20ClFN4O.HI/c1-13(26-17-7-5-16(20)6-8-17)11-24-19(23-2)25-12-15-4-3-14(10-22)9-18(15)21;/h3-9,13H,11-12H2,1-2H3,(H2,23,24,25);1H. The Balaban J connectivity index is 0.00000364. The molecule has 27 heavy (non-hydrogen) atoms. The molecular weight excluding hydrogens is 482 g/mol. The molecular formula is C19H21ClFIN4O. The van der Waals surface area contributed by atoms with Gasteiger partial charge in [0.2, 0.25) is 0 Å². The zero-order valence-electron chi connectivity index (χ0n) is 15.0. The number of nitrogens with zero attached hydrogens (tertiary/aromatic N) is 2. The lowest BCUT2D eigenvalue weighted by Gasteiger charge is -2.18. The van der Waals surface area contributed by atoms with Crippen LogP contribution in [0.1, 0.15) is 18.1 Å². The summed E-state index contributed by atoms with van der Waals surface area (Å²) in [5.74, 6) is 0.832. The highest BCUT2D eigenvalue weighted by atomic mass is 127. The van der Waals surface area contributed by atoms with Gasteiger partial charge in [0, 0.05) is 24.2 Å². The van der Waals surface area contributed by atoms with Crippen molar-refractivity contribution in [1.82, 2.24) is 10.6 Å². The van der Waals surface area contributed by atoms with Crippen LogP contribution in [0.25, 0.3) is 0 Å². The normalized spacial score (nSPS) is 11.7. The van der Waals surface area contributed by atoms with Gasteiger partial charge in [-0.05, 0) is 43.3 Å². The molecule has 8 heteroatoms. The molecule has 0 aliphatic rings. The molecule has 0 bridgehead atoms. The maximum atomic E-state index is 13.9. The molecule has 2 N–H and O–H groups in total. The van der Waals surface area contributed by atoms with Gasteiger partial charge in [-0.15, -0.1) is 24.0 Å². The van der Waals surface area contributed by atoms with Crippen molar-refractivity contribution in [2.24, 2.45) is 4.99 Å². The van der Waals surface area contributed by atoms with E-state index in [-0.39, 0.29) is 36.6 Å². The zero-order valence-corrected chi connectivity index (χ0v) is 18.1. The fourth-order valence-electron chi connectivity index (χ4n) is 2.19. The lowest BCUT2D eigenvalue weighted by molar-refractivity contribution is 0.224. The molecule has 2 rings (SSSR count). The van der Waals surface area contributed by atoms with Crippen molar-refractivity contribution in [3.05, 3.63) is 64.4 Å². The maximum Gasteiger partial charge on any atom is 0.191 e. The quantitative estimate of drug-likeness (QED) is 0.355. The summed E-state index contributed by atoms with van der Waals surface area (Å²) in [5.41, 5.74) is 0.749. The smallest absolute Gasteiger partial charge is 0.191 e. The van der Waals surface area contributed by atoms with E-state index in [0.717, 1.165) is 5.75 Å². The van der Waals surface area contributed by atoms with Crippen molar-refractivity contribution in [1.29, 1.82) is 5.26 Å². The fraction of sp³-hybridized carbons (Fsp3) is 0.263. The number of rotatable bonds is 6. The van der Waals surface area contributed by atoms with Gasteiger partial charge < -0.3 is 15.4 Å². The molecule has 1 unspecified atom stereocenters. The van der Waals surface area contributed by atoms with E-state index in [9.17, 15) is 4.39 Å². The minimum atomic E-state index is -0.425. The van der Waals surface area contributed by atoms with Gasteiger partial charge in [0.15, 0.2) is 5.96 Å². The molecule has 2 aromatic carbocycles. The second kappa shape index (κ2) is 11.6. The Bertz CT molecular complexity index is 808. The van der Waals surface area contributed by atoms with Gasteiger partial charge in [0.25, 0.3) is 0 Å². The largest absolute Gasteiger partial charge is 0.489 e. The van der Waals surface area contributed by atoms with Crippen molar-refractivity contribution >= 4 is 41.5 Å². The van der Waals surface area contributed by atoms with Crippen LogP contribution in [0.2, 0.25) is 5.02 Å². The highest BCUT2D eigenvalue weighted by Crippen LogP contribution is 2.16. The van der Waals surface area contributed by atoms with E-state index in [1.165, 1.54) is 6.07 Å². The van der Waals surface area contributed by atoms with Crippen molar-refractivity contribution in [3.63, 3.8) is 0 Å². The van der Waals surface area contributed by atoms with Gasteiger partial charge >= 0.3 is 0 Å². The molecule has 5 nitrogen and oxygen atoms in total. The molecule has 0 saturated carbocycles. The first kappa shape index (κ1) is 23.0. The molecule has 0 aliphatic heterocycles. The molecule has 2 aromatic rings. The number of nitrogens with one attached hydrogen (secondary N) is 2. The van der Waals surface area contributed by atoms with Crippen LogP contribution in [-0.2, 0) is 6.54 Å². The fourth-order valence-corrected chi connectivity index (χ4v) is 2.31. The average Bonchev–Trinajstić information content (AvgIpc) is 2.64. The molecule has 144 valence electrons. The van der Waals surface area contributed by atoms with Crippen LogP contribution in [-0.4, -0.2) is 25.7 Å². The number of hydrogen-bond acceptors (Lipinski definition) is 3. The summed E-state index contributed by atoms with van der Waals surface area (Å²) < 4.78 is 19.7. The number of halogens is 3. The summed E-state index contributed by atoms with van der Waals surface area (Å²) in [6, 6.07) is 13.4. The van der Waals surface area contributed by atoms with E-state index >= 15 is 0 Å². The second-order valence-electron chi connectivity index (χ2n) is 5.61. The van der Waals surface area contributed by atoms with Crippen LogP contribution in [0.3, 0.4) is 0 Å². The third-order valence-corrected chi connectivity index (χ3v) is 3.81. The first-order valence-corrected chi connectivity index (χ1v) is 8.45. The number of hydrogen-bond donors (Lipinski definition) is 2. The van der Waals surface area contributed by atoms with Crippen LogP contribution < -0.4 is 15.4 Å². The number of benzene rings is 2. The summed E-state index contributed by atoms with van der Waals surface area (Å²) in [6.07, 6.45) is -0.110. The predicted octanol–water partition coefficient (Wildman–Crippen LogP) is 4.10. The van der Waals surface area contributed by atoms with Crippen LogP contribution in [0.15, 0.2) is 47.5 Å². The van der Waals surface area contributed by atoms with Gasteiger partial charge in [0.1, 0.15) is 17.7 Å². The minimum absolute atomic E-state index is 0. The lowest BCUT2D eigenvalue weighted by atomic mass is 10.1. The van der Waals surface area contributed by atoms with E-state index in [0.29, 0.717) is 28.7 Å².